The maximum atomic E-state index is 13.1. The maximum Gasteiger partial charge on any atom is 0.193 e. The molecule has 0 amide bonds. The fourth-order valence-electron chi connectivity index (χ4n) is 9.49. The quantitative estimate of drug-likeness (QED) is 0.119. The Hall–Kier alpha value is -8.19. The van der Waals surface area contributed by atoms with Crippen molar-refractivity contribution in [3.63, 3.8) is 0 Å². The van der Waals surface area contributed by atoms with E-state index in [1.54, 1.807) is 31.4 Å². The topological polar surface area (TPSA) is 35.5 Å². The van der Waals surface area contributed by atoms with Gasteiger partial charge in [-0.3, -0.25) is 4.79 Å². The van der Waals surface area contributed by atoms with Crippen LogP contribution in [0.25, 0.3) is 44.5 Å². The number of fused-ring (bicyclic) bond motifs is 10. The van der Waals surface area contributed by atoms with E-state index in [0.29, 0.717) is 16.9 Å². The summed E-state index contributed by atoms with van der Waals surface area (Å²) >= 11 is 0. The van der Waals surface area contributed by atoms with Crippen molar-refractivity contribution in [2.45, 2.75) is 12.3 Å². The number of hydrogen-bond donors (Lipinski definition) is 0. The molecular formula is C60H40O3. The van der Waals surface area contributed by atoms with E-state index >= 15 is 0 Å². The van der Waals surface area contributed by atoms with Gasteiger partial charge in [-0.05, 0) is 159 Å². The maximum absolute atomic E-state index is 13.1. The second-order valence-corrected chi connectivity index (χ2v) is 16.3. The molecule has 0 radical (unpaired) electrons. The fourth-order valence-corrected chi connectivity index (χ4v) is 9.49. The predicted octanol–water partition coefficient (Wildman–Crippen LogP) is 14.1. The summed E-state index contributed by atoms with van der Waals surface area (Å²) in [4.78, 5) is 13.1. The number of ether oxygens (including phenoxy) is 2. The third-order valence-electron chi connectivity index (χ3n) is 12.6. The summed E-state index contributed by atoms with van der Waals surface area (Å²) in [6.07, 6.45) is 0. The minimum Gasteiger partial charge on any atom is -0.497 e. The molecule has 0 saturated heterocycles. The van der Waals surface area contributed by atoms with E-state index in [2.05, 4.69) is 140 Å². The molecule has 63 heavy (non-hydrogen) atoms. The van der Waals surface area contributed by atoms with E-state index < -0.39 is 5.41 Å². The van der Waals surface area contributed by atoms with Gasteiger partial charge in [-0.15, -0.1) is 0 Å². The van der Waals surface area contributed by atoms with Crippen molar-refractivity contribution in [1.29, 1.82) is 0 Å². The van der Waals surface area contributed by atoms with Gasteiger partial charge in [0.15, 0.2) is 5.78 Å². The molecule has 2 aliphatic carbocycles. The van der Waals surface area contributed by atoms with Crippen LogP contribution in [-0.4, -0.2) is 12.9 Å². The zero-order valence-electron chi connectivity index (χ0n) is 34.9. The largest absolute Gasteiger partial charge is 0.497 e. The molecule has 11 rings (SSSR count). The van der Waals surface area contributed by atoms with Crippen LogP contribution in [0.1, 0.15) is 54.9 Å². The lowest BCUT2D eigenvalue weighted by Gasteiger charge is -2.31. The number of carbonyl (C=O) groups excluding carboxylic acids is 1. The van der Waals surface area contributed by atoms with Gasteiger partial charge >= 0.3 is 0 Å². The van der Waals surface area contributed by atoms with Crippen LogP contribution >= 0.6 is 0 Å². The molecule has 0 heterocycles. The highest BCUT2D eigenvalue weighted by atomic mass is 16.5. The molecule has 9 aromatic carbocycles. The van der Waals surface area contributed by atoms with Gasteiger partial charge in [0.2, 0.25) is 0 Å². The van der Waals surface area contributed by atoms with Gasteiger partial charge in [0, 0.05) is 22.3 Å². The van der Waals surface area contributed by atoms with E-state index in [1.165, 1.54) is 61.2 Å². The van der Waals surface area contributed by atoms with E-state index in [9.17, 15) is 4.79 Å². The van der Waals surface area contributed by atoms with Gasteiger partial charge in [0.05, 0.1) is 12.5 Å². The highest BCUT2D eigenvalue weighted by molar-refractivity contribution is 6.09. The van der Waals surface area contributed by atoms with Crippen molar-refractivity contribution >= 4 is 5.78 Å². The van der Waals surface area contributed by atoms with Crippen LogP contribution in [0.5, 0.6) is 17.2 Å². The molecule has 0 aliphatic heterocycles. The van der Waals surface area contributed by atoms with E-state index in [-0.39, 0.29) is 5.78 Å². The van der Waals surface area contributed by atoms with Gasteiger partial charge < -0.3 is 9.47 Å². The summed E-state index contributed by atoms with van der Waals surface area (Å²) in [7, 11) is 1.61. The van der Waals surface area contributed by atoms with Gasteiger partial charge in [0.25, 0.3) is 0 Å². The lowest BCUT2D eigenvalue weighted by molar-refractivity contribution is 0.103. The number of carbonyl (C=O) groups is 1. The molecule has 0 unspecified atom stereocenters. The SMILES string of the molecule is COc1ccc(C(=O)c2cccc(C#Cc3ccc(Oc4ccc(-c5ccc6c(c5)C5(c7ccccc7-c7ccccc75)c5cc(-c7ccc(C)cc7)ccc5-6)cc4)cc3)c2)cc1. The zero-order valence-corrected chi connectivity index (χ0v) is 34.9. The number of methoxy groups -OCH3 is 1. The van der Waals surface area contributed by atoms with Crippen molar-refractivity contribution in [1.82, 2.24) is 0 Å². The molecule has 0 aromatic heterocycles. The highest BCUT2D eigenvalue weighted by Crippen LogP contribution is 2.63. The standard InChI is InChI=1S/C60H40O3/c1-39-14-20-42(21-15-39)45-26-34-53-54-35-27-46(38-58(54)60(57(53)37-45)55-12-5-3-10-51(55)52-11-4-6-13-56(52)60)43-22-32-50(33-23-43)63-49-28-18-40(19-29-49)16-17-41-8-7-9-47(36-41)59(61)44-24-30-48(62-2)31-25-44/h3-15,18-38H,1-2H3. The molecule has 0 N–H and O–H groups in total. The molecule has 0 fully saturated rings. The third-order valence-corrected chi connectivity index (χ3v) is 12.6. The van der Waals surface area contributed by atoms with Crippen LogP contribution < -0.4 is 9.47 Å². The zero-order chi connectivity index (χ0) is 42.5. The molecule has 0 saturated carbocycles. The number of benzene rings is 9. The van der Waals surface area contributed by atoms with E-state index in [4.69, 9.17) is 9.47 Å². The Bertz CT molecular complexity index is 3250. The molecule has 3 nitrogen and oxygen atoms in total. The van der Waals surface area contributed by atoms with Crippen LogP contribution in [0.2, 0.25) is 0 Å². The molecule has 0 bridgehead atoms. The highest BCUT2D eigenvalue weighted by Gasteiger charge is 2.51. The number of aryl methyl sites for hydroxylation is 1. The molecule has 2 aliphatic rings. The van der Waals surface area contributed by atoms with E-state index in [1.807, 2.05) is 60.7 Å². The first kappa shape index (κ1) is 37.8. The molecule has 1 spiro atoms. The third kappa shape index (κ3) is 6.52. The van der Waals surface area contributed by atoms with Crippen molar-refractivity contribution in [3.8, 4) is 73.6 Å². The number of hydrogen-bond acceptors (Lipinski definition) is 3. The number of ketones is 1. The monoisotopic (exact) mass is 808 g/mol. The van der Waals surface area contributed by atoms with Crippen molar-refractivity contribution in [2.24, 2.45) is 0 Å². The van der Waals surface area contributed by atoms with Crippen molar-refractivity contribution in [2.75, 3.05) is 7.11 Å². The molecule has 3 heteroatoms. The summed E-state index contributed by atoms with van der Waals surface area (Å²) in [5.41, 5.74) is 18.8. The second-order valence-electron chi connectivity index (χ2n) is 16.3. The Morgan fingerprint density at radius 2 is 0.905 bits per heavy atom. The molecule has 298 valence electrons. The Morgan fingerprint density at radius 3 is 1.49 bits per heavy atom. The van der Waals surface area contributed by atoms with Crippen LogP contribution in [0.15, 0.2) is 206 Å². The van der Waals surface area contributed by atoms with Crippen LogP contribution in [0.4, 0.5) is 0 Å². The predicted molar refractivity (Wildman–Crippen MR) is 254 cm³/mol. The van der Waals surface area contributed by atoms with Gasteiger partial charge in [-0.2, -0.15) is 0 Å². The Kier molecular flexibility index (Phi) is 9.22. The summed E-state index contributed by atoms with van der Waals surface area (Å²) < 4.78 is 11.5. The van der Waals surface area contributed by atoms with Gasteiger partial charge in [-0.25, -0.2) is 0 Å². The van der Waals surface area contributed by atoms with Gasteiger partial charge in [-0.1, -0.05) is 139 Å². The van der Waals surface area contributed by atoms with Crippen LogP contribution in [0, 0.1) is 18.8 Å². The second kappa shape index (κ2) is 15.4. The molecule has 9 aromatic rings. The van der Waals surface area contributed by atoms with Crippen LogP contribution in [0.3, 0.4) is 0 Å². The molecule has 0 atom stereocenters. The lowest BCUT2D eigenvalue weighted by Crippen LogP contribution is -2.26. The fraction of sp³-hybridized carbons (Fsp3) is 0.0500. The van der Waals surface area contributed by atoms with E-state index in [0.717, 1.165) is 33.8 Å². The molecular weight excluding hydrogens is 769 g/mol. The van der Waals surface area contributed by atoms with Gasteiger partial charge in [0.1, 0.15) is 17.2 Å². The minimum atomic E-state index is -0.449. The normalized spacial score (nSPS) is 12.3. The number of rotatable bonds is 7. The smallest absolute Gasteiger partial charge is 0.193 e. The Morgan fingerprint density at radius 1 is 0.413 bits per heavy atom. The first-order chi connectivity index (χ1) is 31.0. The Labute approximate surface area is 367 Å². The average molecular weight is 809 g/mol. The summed E-state index contributed by atoms with van der Waals surface area (Å²) in [6.45, 7) is 2.14. The average Bonchev–Trinajstić information content (AvgIpc) is 3.81. The lowest BCUT2D eigenvalue weighted by atomic mass is 9.70. The Balaban J connectivity index is 0.864. The minimum absolute atomic E-state index is 0.0586. The van der Waals surface area contributed by atoms with Crippen molar-refractivity contribution in [3.05, 3.63) is 256 Å². The summed E-state index contributed by atoms with van der Waals surface area (Å²) in [6, 6.07) is 71.5. The first-order valence-electron chi connectivity index (χ1n) is 21.2. The summed E-state index contributed by atoms with van der Waals surface area (Å²) in [5, 5.41) is 0. The first-order valence-corrected chi connectivity index (χ1v) is 21.2. The summed E-state index contributed by atoms with van der Waals surface area (Å²) in [5.74, 6) is 8.57. The van der Waals surface area contributed by atoms with Crippen LogP contribution in [-0.2, 0) is 5.41 Å². The van der Waals surface area contributed by atoms with Crippen molar-refractivity contribution < 1.29 is 14.3 Å².